The second-order valence-electron chi connectivity index (χ2n) is 6.32. The van der Waals surface area contributed by atoms with Crippen LogP contribution in [-0.4, -0.2) is 21.5 Å². The monoisotopic (exact) mass is 287 g/mol. The summed E-state index contributed by atoms with van der Waals surface area (Å²) in [7, 11) is 0. The van der Waals surface area contributed by atoms with E-state index in [2.05, 4.69) is 49.5 Å². The van der Waals surface area contributed by atoms with Crippen LogP contribution in [-0.2, 0) is 12.1 Å². The largest absolute Gasteiger partial charge is 0.396 e. The molecule has 0 aliphatic heterocycles. The Bertz CT molecular complexity index is 543. The van der Waals surface area contributed by atoms with Gasteiger partial charge >= 0.3 is 0 Å². The molecule has 0 unspecified atom stereocenters. The topological polar surface area (TPSA) is 50.1 Å². The van der Waals surface area contributed by atoms with Crippen LogP contribution in [0.4, 0.5) is 0 Å². The summed E-state index contributed by atoms with van der Waals surface area (Å²) in [5.74, 6) is 0. The van der Waals surface area contributed by atoms with Crippen molar-refractivity contribution in [2.24, 2.45) is 0 Å². The SMILES string of the molecule is CC(C)(C)n1cc(CN[C@H](CCO)c2ccccc2)cn1. The van der Waals surface area contributed by atoms with Crippen molar-refractivity contribution in [2.75, 3.05) is 6.61 Å². The molecule has 1 aromatic carbocycles. The number of benzene rings is 1. The summed E-state index contributed by atoms with van der Waals surface area (Å²) >= 11 is 0. The van der Waals surface area contributed by atoms with Gasteiger partial charge in [-0.2, -0.15) is 5.10 Å². The van der Waals surface area contributed by atoms with Gasteiger partial charge in [-0.3, -0.25) is 4.68 Å². The predicted octanol–water partition coefficient (Wildman–Crippen LogP) is 2.85. The predicted molar refractivity (Wildman–Crippen MR) is 84.9 cm³/mol. The third-order valence-corrected chi connectivity index (χ3v) is 3.50. The van der Waals surface area contributed by atoms with Crippen LogP contribution < -0.4 is 5.32 Å². The average Bonchev–Trinajstić information content (AvgIpc) is 2.93. The number of aliphatic hydroxyl groups excluding tert-OH is 1. The molecule has 2 rings (SSSR count). The lowest BCUT2D eigenvalue weighted by Crippen LogP contribution is -2.23. The molecule has 114 valence electrons. The van der Waals surface area contributed by atoms with Gasteiger partial charge in [0.05, 0.1) is 11.7 Å². The van der Waals surface area contributed by atoms with Crippen LogP contribution in [0.5, 0.6) is 0 Å². The molecule has 0 amide bonds. The van der Waals surface area contributed by atoms with E-state index >= 15 is 0 Å². The summed E-state index contributed by atoms with van der Waals surface area (Å²) in [5.41, 5.74) is 2.36. The number of rotatable bonds is 6. The molecule has 0 aliphatic carbocycles. The minimum Gasteiger partial charge on any atom is -0.396 e. The van der Waals surface area contributed by atoms with E-state index in [1.54, 1.807) is 0 Å². The Kier molecular flexibility index (Phi) is 5.15. The summed E-state index contributed by atoms with van der Waals surface area (Å²) in [6.07, 6.45) is 4.69. The molecule has 0 bridgehead atoms. The molecule has 1 atom stereocenters. The Morgan fingerprint density at radius 1 is 1.24 bits per heavy atom. The Balaban J connectivity index is 2.01. The number of nitrogens with zero attached hydrogens (tertiary/aromatic N) is 2. The van der Waals surface area contributed by atoms with Crippen molar-refractivity contribution in [3.05, 3.63) is 53.9 Å². The van der Waals surface area contributed by atoms with Gasteiger partial charge in [0.2, 0.25) is 0 Å². The summed E-state index contributed by atoms with van der Waals surface area (Å²) in [6.45, 7) is 7.32. The van der Waals surface area contributed by atoms with Crippen LogP contribution in [0.25, 0.3) is 0 Å². The summed E-state index contributed by atoms with van der Waals surface area (Å²) in [4.78, 5) is 0. The second kappa shape index (κ2) is 6.87. The van der Waals surface area contributed by atoms with Crippen molar-refractivity contribution < 1.29 is 5.11 Å². The third-order valence-electron chi connectivity index (χ3n) is 3.50. The van der Waals surface area contributed by atoms with Crippen molar-refractivity contribution in [1.29, 1.82) is 0 Å². The van der Waals surface area contributed by atoms with E-state index in [-0.39, 0.29) is 18.2 Å². The van der Waals surface area contributed by atoms with Crippen molar-refractivity contribution in [2.45, 2.75) is 45.3 Å². The van der Waals surface area contributed by atoms with Gasteiger partial charge in [0, 0.05) is 31.0 Å². The van der Waals surface area contributed by atoms with Crippen LogP contribution in [0.15, 0.2) is 42.7 Å². The highest BCUT2D eigenvalue weighted by molar-refractivity contribution is 5.19. The smallest absolute Gasteiger partial charge is 0.0543 e. The zero-order valence-electron chi connectivity index (χ0n) is 13.1. The lowest BCUT2D eigenvalue weighted by Gasteiger charge is -2.19. The summed E-state index contributed by atoms with van der Waals surface area (Å²) in [5, 5.41) is 17.2. The first-order valence-electron chi connectivity index (χ1n) is 7.44. The van der Waals surface area contributed by atoms with Crippen LogP contribution in [0, 0.1) is 0 Å². The molecule has 0 saturated heterocycles. The molecule has 4 heteroatoms. The van der Waals surface area contributed by atoms with Gasteiger partial charge in [-0.25, -0.2) is 0 Å². The molecular formula is C17H25N3O. The maximum atomic E-state index is 9.25. The maximum Gasteiger partial charge on any atom is 0.0543 e. The molecule has 0 aliphatic rings. The molecule has 0 radical (unpaired) electrons. The quantitative estimate of drug-likeness (QED) is 0.859. The Hall–Kier alpha value is -1.65. The zero-order valence-corrected chi connectivity index (χ0v) is 13.1. The van der Waals surface area contributed by atoms with Crippen molar-refractivity contribution in [3.8, 4) is 0 Å². The minimum atomic E-state index is 0.00216. The lowest BCUT2D eigenvalue weighted by atomic mass is 10.0. The van der Waals surface area contributed by atoms with Crippen molar-refractivity contribution in [1.82, 2.24) is 15.1 Å². The van der Waals surface area contributed by atoms with Gasteiger partial charge in [-0.05, 0) is 32.8 Å². The Labute approximate surface area is 126 Å². The number of hydrogen-bond donors (Lipinski definition) is 2. The number of hydrogen-bond acceptors (Lipinski definition) is 3. The van der Waals surface area contributed by atoms with Gasteiger partial charge in [-0.15, -0.1) is 0 Å². The first-order chi connectivity index (χ1) is 10.0. The highest BCUT2D eigenvalue weighted by atomic mass is 16.3. The molecular weight excluding hydrogens is 262 g/mol. The fourth-order valence-corrected chi connectivity index (χ4v) is 2.26. The van der Waals surface area contributed by atoms with E-state index in [0.717, 1.165) is 12.1 Å². The molecule has 1 heterocycles. The Morgan fingerprint density at radius 3 is 2.52 bits per heavy atom. The standard InChI is InChI=1S/C17H25N3O/c1-17(2,3)20-13-14(12-19-20)11-18-16(9-10-21)15-7-5-4-6-8-15/h4-8,12-13,16,18,21H,9-11H2,1-3H3/t16-/m1/s1. The fourth-order valence-electron chi connectivity index (χ4n) is 2.26. The molecule has 0 spiro atoms. The third kappa shape index (κ3) is 4.41. The van der Waals surface area contributed by atoms with E-state index < -0.39 is 0 Å². The van der Waals surface area contributed by atoms with Gasteiger partial charge in [0.1, 0.15) is 0 Å². The maximum absolute atomic E-state index is 9.25. The normalized spacial score (nSPS) is 13.3. The molecule has 4 nitrogen and oxygen atoms in total. The average molecular weight is 287 g/mol. The molecule has 0 saturated carbocycles. The van der Waals surface area contributed by atoms with E-state index in [9.17, 15) is 5.11 Å². The zero-order chi connectivity index (χ0) is 15.3. The van der Waals surface area contributed by atoms with Gasteiger partial charge < -0.3 is 10.4 Å². The highest BCUT2D eigenvalue weighted by Crippen LogP contribution is 2.18. The minimum absolute atomic E-state index is 0.00216. The second-order valence-corrected chi connectivity index (χ2v) is 6.32. The van der Waals surface area contributed by atoms with Gasteiger partial charge in [-0.1, -0.05) is 30.3 Å². The number of aromatic nitrogens is 2. The van der Waals surface area contributed by atoms with E-state index in [1.165, 1.54) is 5.56 Å². The van der Waals surface area contributed by atoms with Gasteiger partial charge in [0.15, 0.2) is 0 Å². The van der Waals surface area contributed by atoms with Crippen LogP contribution in [0.1, 0.15) is 44.4 Å². The molecule has 1 aromatic heterocycles. The van der Waals surface area contributed by atoms with E-state index in [1.807, 2.05) is 29.1 Å². The van der Waals surface area contributed by atoms with Crippen molar-refractivity contribution >= 4 is 0 Å². The number of nitrogens with one attached hydrogen (secondary N) is 1. The molecule has 2 aromatic rings. The fraction of sp³-hybridized carbons (Fsp3) is 0.471. The highest BCUT2D eigenvalue weighted by Gasteiger charge is 2.15. The molecule has 21 heavy (non-hydrogen) atoms. The molecule has 2 N–H and O–H groups in total. The lowest BCUT2D eigenvalue weighted by molar-refractivity contribution is 0.265. The summed E-state index contributed by atoms with van der Waals surface area (Å²) < 4.78 is 1.98. The van der Waals surface area contributed by atoms with E-state index in [4.69, 9.17) is 0 Å². The van der Waals surface area contributed by atoms with Crippen LogP contribution in [0.3, 0.4) is 0 Å². The van der Waals surface area contributed by atoms with Crippen LogP contribution in [0.2, 0.25) is 0 Å². The first kappa shape index (κ1) is 15.7. The number of aliphatic hydroxyl groups is 1. The summed E-state index contributed by atoms with van der Waals surface area (Å²) in [6, 6.07) is 10.4. The van der Waals surface area contributed by atoms with E-state index in [0.29, 0.717) is 6.42 Å². The van der Waals surface area contributed by atoms with Crippen LogP contribution >= 0.6 is 0 Å². The van der Waals surface area contributed by atoms with Gasteiger partial charge in [0.25, 0.3) is 0 Å². The first-order valence-corrected chi connectivity index (χ1v) is 7.44. The Morgan fingerprint density at radius 2 is 1.95 bits per heavy atom. The molecule has 0 fully saturated rings. The van der Waals surface area contributed by atoms with Crippen molar-refractivity contribution in [3.63, 3.8) is 0 Å².